The smallest absolute Gasteiger partial charge is 0.252 e. The molecule has 0 saturated carbocycles. The van der Waals surface area contributed by atoms with Gasteiger partial charge < -0.3 is 15.0 Å². The van der Waals surface area contributed by atoms with E-state index >= 15 is 0 Å². The summed E-state index contributed by atoms with van der Waals surface area (Å²) in [6.07, 6.45) is 0. The second kappa shape index (κ2) is 6.72. The number of hydrogen-bond donors (Lipinski definition) is 1. The number of carbonyl (C=O) groups is 2. The van der Waals surface area contributed by atoms with Crippen LogP contribution in [0, 0.1) is 13.8 Å². The second-order valence-electron chi connectivity index (χ2n) is 5.38. The van der Waals surface area contributed by atoms with E-state index in [-0.39, 0.29) is 11.8 Å². The molecule has 0 unspecified atom stereocenters. The minimum atomic E-state index is -0.532. The predicted molar refractivity (Wildman–Crippen MR) is 80.2 cm³/mol. The molecule has 1 aromatic carbocycles. The van der Waals surface area contributed by atoms with Crippen LogP contribution >= 0.6 is 0 Å². The molecule has 1 N–H and O–H groups in total. The maximum absolute atomic E-state index is 12.3. The molecule has 1 heterocycles. The molecule has 21 heavy (non-hydrogen) atoms. The highest BCUT2D eigenvalue weighted by Crippen LogP contribution is 2.13. The van der Waals surface area contributed by atoms with E-state index in [1.807, 2.05) is 26.0 Å². The van der Waals surface area contributed by atoms with Crippen molar-refractivity contribution in [1.82, 2.24) is 10.2 Å². The molecule has 1 saturated heterocycles. The zero-order chi connectivity index (χ0) is 15.4. The lowest BCUT2D eigenvalue weighted by Gasteiger charge is -2.29. The largest absolute Gasteiger partial charge is 0.378 e. The molecular formula is C16H22N2O3. The van der Waals surface area contributed by atoms with Gasteiger partial charge in [-0.2, -0.15) is 0 Å². The Bertz CT molecular complexity index is 536. The maximum Gasteiger partial charge on any atom is 0.252 e. The van der Waals surface area contributed by atoms with E-state index in [4.69, 9.17) is 4.74 Å². The lowest BCUT2D eigenvalue weighted by Crippen LogP contribution is -2.50. The average Bonchev–Trinajstić information content (AvgIpc) is 2.50. The number of nitrogens with one attached hydrogen (secondary N) is 1. The Morgan fingerprint density at radius 3 is 2.57 bits per heavy atom. The van der Waals surface area contributed by atoms with Crippen molar-refractivity contribution in [3.8, 4) is 0 Å². The highest BCUT2D eigenvalue weighted by molar-refractivity contribution is 5.98. The van der Waals surface area contributed by atoms with Crippen LogP contribution in [0.3, 0.4) is 0 Å². The number of morpholine rings is 1. The fraction of sp³-hybridized carbons (Fsp3) is 0.500. The van der Waals surface area contributed by atoms with E-state index in [1.54, 1.807) is 17.9 Å². The predicted octanol–water partition coefficient (Wildman–Crippen LogP) is 1.28. The molecule has 5 heteroatoms. The Morgan fingerprint density at radius 1 is 1.24 bits per heavy atom. The van der Waals surface area contributed by atoms with E-state index in [0.29, 0.717) is 31.9 Å². The number of carbonyl (C=O) groups excluding carboxylic acids is 2. The second-order valence-corrected chi connectivity index (χ2v) is 5.38. The number of nitrogens with zero attached hydrogens (tertiary/aromatic N) is 1. The molecule has 1 aromatic rings. The number of aryl methyl sites for hydroxylation is 1. The Kier molecular flexibility index (Phi) is 4.96. The van der Waals surface area contributed by atoms with Crippen LogP contribution in [0.15, 0.2) is 18.2 Å². The summed E-state index contributed by atoms with van der Waals surface area (Å²) < 4.78 is 5.23. The van der Waals surface area contributed by atoms with Gasteiger partial charge in [0.1, 0.15) is 6.04 Å². The molecule has 0 aliphatic carbocycles. The van der Waals surface area contributed by atoms with Gasteiger partial charge in [-0.25, -0.2) is 0 Å². The standard InChI is InChI=1S/C16H22N2O3/c1-11-5-4-6-14(12(11)2)15(19)17-13(3)16(20)18-7-9-21-10-8-18/h4-6,13H,7-10H2,1-3H3,(H,17,19)/t13-/m0/s1. The normalized spacial score (nSPS) is 16.4. The molecule has 0 aromatic heterocycles. The van der Waals surface area contributed by atoms with E-state index in [0.717, 1.165) is 11.1 Å². The number of ether oxygens (including phenoxy) is 1. The average molecular weight is 290 g/mol. The molecule has 0 spiro atoms. The Hall–Kier alpha value is -1.88. The van der Waals surface area contributed by atoms with Gasteiger partial charge in [-0.15, -0.1) is 0 Å². The van der Waals surface area contributed by atoms with Gasteiger partial charge in [-0.05, 0) is 38.0 Å². The molecule has 0 radical (unpaired) electrons. The molecule has 2 amide bonds. The van der Waals surface area contributed by atoms with Gasteiger partial charge in [0.25, 0.3) is 5.91 Å². The number of amides is 2. The van der Waals surface area contributed by atoms with Gasteiger partial charge in [-0.1, -0.05) is 12.1 Å². The van der Waals surface area contributed by atoms with Crippen molar-refractivity contribution >= 4 is 11.8 Å². The third-order valence-electron chi connectivity index (χ3n) is 3.89. The lowest BCUT2D eigenvalue weighted by molar-refractivity contribution is -0.136. The lowest BCUT2D eigenvalue weighted by atomic mass is 10.0. The summed E-state index contributed by atoms with van der Waals surface area (Å²) in [5, 5.41) is 2.79. The van der Waals surface area contributed by atoms with Gasteiger partial charge >= 0.3 is 0 Å². The van der Waals surface area contributed by atoms with Crippen LogP contribution in [0.2, 0.25) is 0 Å². The number of rotatable bonds is 3. The fourth-order valence-corrected chi connectivity index (χ4v) is 2.39. The molecule has 1 atom stereocenters. The summed E-state index contributed by atoms with van der Waals surface area (Å²) in [5.41, 5.74) is 2.63. The Morgan fingerprint density at radius 2 is 1.90 bits per heavy atom. The topological polar surface area (TPSA) is 58.6 Å². The van der Waals surface area contributed by atoms with Gasteiger partial charge in [-0.3, -0.25) is 9.59 Å². The first-order chi connectivity index (χ1) is 10.0. The van der Waals surface area contributed by atoms with Crippen LogP contribution in [0.4, 0.5) is 0 Å². The van der Waals surface area contributed by atoms with Gasteiger partial charge in [0.15, 0.2) is 0 Å². The van der Waals surface area contributed by atoms with Gasteiger partial charge in [0.05, 0.1) is 13.2 Å². The molecule has 1 fully saturated rings. The molecule has 2 rings (SSSR count). The summed E-state index contributed by atoms with van der Waals surface area (Å²) >= 11 is 0. The van der Waals surface area contributed by atoms with Crippen molar-refractivity contribution in [3.05, 3.63) is 34.9 Å². The molecule has 1 aliphatic heterocycles. The Labute approximate surface area is 125 Å². The number of benzene rings is 1. The van der Waals surface area contributed by atoms with Crippen LogP contribution in [0.25, 0.3) is 0 Å². The van der Waals surface area contributed by atoms with E-state index in [9.17, 15) is 9.59 Å². The minimum Gasteiger partial charge on any atom is -0.378 e. The monoisotopic (exact) mass is 290 g/mol. The van der Waals surface area contributed by atoms with Crippen LogP contribution in [0.1, 0.15) is 28.4 Å². The zero-order valence-corrected chi connectivity index (χ0v) is 12.8. The summed E-state index contributed by atoms with van der Waals surface area (Å²) in [6, 6.07) is 5.07. The van der Waals surface area contributed by atoms with E-state index < -0.39 is 6.04 Å². The van der Waals surface area contributed by atoms with E-state index in [1.165, 1.54) is 0 Å². The first kappa shape index (κ1) is 15.5. The third-order valence-corrected chi connectivity index (χ3v) is 3.89. The quantitative estimate of drug-likeness (QED) is 0.912. The minimum absolute atomic E-state index is 0.0584. The van der Waals surface area contributed by atoms with Crippen molar-refractivity contribution < 1.29 is 14.3 Å². The summed E-state index contributed by atoms with van der Waals surface area (Å²) in [5.74, 6) is -0.262. The summed E-state index contributed by atoms with van der Waals surface area (Å²) in [7, 11) is 0. The van der Waals surface area contributed by atoms with Crippen LogP contribution < -0.4 is 5.32 Å². The van der Waals surface area contributed by atoms with Crippen molar-refractivity contribution in [3.63, 3.8) is 0 Å². The highest BCUT2D eigenvalue weighted by Gasteiger charge is 2.24. The summed E-state index contributed by atoms with van der Waals surface area (Å²) in [6.45, 7) is 7.89. The number of hydrogen-bond acceptors (Lipinski definition) is 3. The third kappa shape index (κ3) is 3.61. The maximum atomic E-state index is 12.3. The van der Waals surface area contributed by atoms with Gasteiger partial charge in [0, 0.05) is 18.7 Å². The van der Waals surface area contributed by atoms with Crippen molar-refractivity contribution in [2.45, 2.75) is 26.8 Å². The van der Waals surface area contributed by atoms with Crippen molar-refractivity contribution in [2.24, 2.45) is 0 Å². The SMILES string of the molecule is Cc1cccc(C(=O)N[C@@H](C)C(=O)N2CCOCC2)c1C. The molecule has 0 bridgehead atoms. The molecule has 114 valence electrons. The highest BCUT2D eigenvalue weighted by atomic mass is 16.5. The molecular weight excluding hydrogens is 268 g/mol. The van der Waals surface area contributed by atoms with E-state index in [2.05, 4.69) is 5.32 Å². The van der Waals surface area contributed by atoms with Crippen LogP contribution in [-0.2, 0) is 9.53 Å². The zero-order valence-electron chi connectivity index (χ0n) is 12.8. The van der Waals surface area contributed by atoms with Crippen LogP contribution in [0.5, 0.6) is 0 Å². The summed E-state index contributed by atoms with van der Waals surface area (Å²) in [4.78, 5) is 26.3. The Balaban J connectivity index is 2.01. The van der Waals surface area contributed by atoms with Crippen LogP contribution in [-0.4, -0.2) is 49.1 Å². The molecule has 1 aliphatic rings. The van der Waals surface area contributed by atoms with Crippen molar-refractivity contribution in [1.29, 1.82) is 0 Å². The fourth-order valence-electron chi connectivity index (χ4n) is 2.39. The first-order valence-electron chi connectivity index (χ1n) is 7.24. The molecule has 5 nitrogen and oxygen atoms in total. The van der Waals surface area contributed by atoms with Crippen molar-refractivity contribution in [2.75, 3.05) is 26.3 Å². The first-order valence-corrected chi connectivity index (χ1v) is 7.24. The van der Waals surface area contributed by atoms with Gasteiger partial charge in [0.2, 0.25) is 5.91 Å².